The molecule has 0 amide bonds. The van der Waals surface area contributed by atoms with Gasteiger partial charge in [-0.2, -0.15) is 0 Å². The largest absolute Gasteiger partial charge is 0.304 e. The van der Waals surface area contributed by atoms with Crippen molar-refractivity contribution in [2.24, 2.45) is 0 Å². The normalized spacial score (nSPS) is 15.7. The third-order valence-corrected chi connectivity index (χ3v) is 5.11. The van der Waals surface area contributed by atoms with Crippen LogP contribution in [0.2, 0.25) is 0 Å². The lowest BCUT2D eigenvalue weighted by Gasteiger charge is -2.22. The van der Waals surface area contributed by atoms with Crippen LogP contribution >= 0.6 is 15.9 Å². The lowest BCUT2D eigenvalue weighted by atomic mass is 10.3. The number of nitrogens with zero attached hydrogens (tertiary/aromatic N) is 1. The van der Waals surface area contributed by atoms with Crippen molar-refractivity contribution < 1.29 is 8.42 Å². The first-order chi connectivity index (χ1) is 6.56. The number of alkyl halides is 1. The monoisotopic (exact) mass is 299 g/mol. The van der Waals surface area contributed by atoms with Crippen LogP contribution < -0.4 is 0 Å². The van der Waals surface area contributed by atoms with Crippen molar-refractivity contribution >= 4 is 25.8 Å². The molecule has 1 unspecified atom stereocenters. The average molecular weight is 300 g/mol. The van der Waals surface area contributed by atoms with Gasteiger partial charge in [0.2, 0.25) is 0 Å². The van der Waals surface area contributed by atoms with Crippen LogP contribution in [0, 0.1) is 0 Å². The molecule has 3 nitrogen and oxygen atoms in total. The molecule has 0 aromatic rings. The van der Waals surface area contributed by atoms with E-state index in [0.29, 0.717) is 11.4 Å². The van der Waals surface area contributed by atoms with E-state index in [1.54, 1.807) is 20.8 Å². The summed E-state index contributed by atoms with van der Waals surface area (Å²) in [6.07, 6.45) is 0. The second kappa shape index (κ2) is 5.64. The van der Waals surface area contributed by atoms with Crippen LogP contribution in [-0.4, -0.2) is 48.8 Å². The molecule has 0 bridgehead atoms. The molecule has 0 rings (SSSR count). The molecular weight excluding hydrogens is 278 g/mol. The van der Waals surface area contributed by atoms with Crippen LogP contribution in [0.1, 0.15) is 27.7 Å². The fraction of sp³-hybridized carbons (Fsp3) is 1.00. The molecule has 0 aliphatic heterocycles. The molecule has 0 aliphatic rings. The zero-order valence-corrected chi connectivity index (χ0v) is 12.7. The molecule has 0 spiro atoms. The van der Waals surface area contributed by atoms with Gasteiger partial charge in [0.25, 0.3) is 0 Å². The molecule has 0 heterocycles. The second-order valence-electron chi connectivity index (χ2n) is 4.97. The molecule has 0 saturated heterocycles. The minimum atomic E-state index is -2.99. The first-order valence-electron chi connectivity index (χ1n) is 5.11. The van der Waals surface area contributed by atoms with E-state index in [1.165, 1.54) is 0 Å². The Bertz CT molecular complexity index is 280. The summed E-state index contributed by atoms with van der Waals surface area (Å²) in [5.41, 5.74) is 0. The number of hydrogen-bond acceptors (Lipinski definition) is 3. The van der Waals surface area contributed by atoms with Gasteiger partial charge >= 0.3 is 0 Å². The lowest BCUT2D eigenvalue weighted by Crippen LogP contribution is -2.36. The van der Waals surface area contributed by atoms with Gasteiger partial charge in [-0.1, -0.05) is 22.9 Å². The summed E-state index contributed by atoms with van der Waals surface area (Å²) in [7, 11) is -1.05. The van der Waals surface area contributed by atoms with Gasteiger partial charge in [0, 0.05) is 17.9 Å². The van der Waals surface area contributed by atoms with Crippen molar-refractivity contribution in [2.45, 2.75) is 37.3 Å². The first-order valence-corrected chi connectivity index (χ1v) is 7.68. The first kappa shape index (κ1) is 15.4. The molecule has 15 heavy (non-hydrogen) atoms. The van der Waals surface area contributed by atoms with Crippen molar-refractivity contribution in [3.8, 4) is 0 Å². The van der Waals surface area contributed by atoms with Crippen molar-refractivity contribution in [1.29, 1.82) is 0 Å². The average Bonchev–Trinajstić information content (AvgIpc) is 1.97. The standard InChI is InChI=1S/C10H22BrNO2S/c1-9(11)8-12(5)6-7-15(13,14)10(2,3)4/h9H,6-8H2,1-5H3. The molecule has 0 N–H and O–H groups in total. The maximum absolute atomic E-state index is 11.8. The Morgan fingerprint density at radius 3 is 2.13 bits per heavy atom. The van der Waals surface area contributed by atoms with E-state index in [0.717, 1.165) is 6.54 Å². The van der Waals surface area contributed by atoms with Gasteiger partial charge < -0.3 is 4.90 Å². The molecule has 1 atom stereocenters. The van der Waals surface area contributed by atoms with Gasteiger partial charge in [0.15, 0.2) is 9.84 Å². The summed E-state index contributed by atoms with van der Waals surface area (Å²) in [5, 5.41) is 0. The summed E-state index contributed by atoms with van der Waals surface area (Å²) in [6, 6.07) is 0. The quantitative estimate of drug-likeness (QED) is 0.728. The predicted molar refractivity (Wildman–Crippen MR) is 69.4 cm³/mol. The van der Waals surface area contributed by atoms with Gasteiger partial charge in [-0.25, -0.2) is 8.42 Å². The minimum Gasteiger partial charge on any atom is -0.304 e. The SMILES string of the molecule is CC(Br)CN(C)CCS(=O)(=O)C(C)(C)C. The van der Waals surface area contributed by atoms with E-state index in [2.05, 4.69) is 22.9 Å². The zero-order chi connectivity index (χ0) is 12.3. The summed E-state index contributed by atoms with van der Waals surface area (Å²) >= 11 is 3.44. The molecular formula is C10H22BrNO2S. The van der Waals surface area contributed by atoms with E-state index in [4.69, 9.17) is 0 Å². The van der Waals surface area contributed by atoms with E-state index < -0.39 is 14.6 Å². The maximum atomic E-state index is 11.8. The fourth-order valence-corrected chi connectivity index (χ4v) is 2.76. The summed E-state index contributed by atoms with van der Waals surface area (Å²) in [4.78, 5) is 2.42. The Kier molecular flexibility index (Phi) is 5.79. The summed E-state index contributed by atoms with van der Waals surface area (Å²) in [5.74, 6) is 0.229. The fourth-order valence-electron chi connectivity index (χ4n) is 1.10. The summed E-state index contributed by atoms with van der Waals surface area (Å²) in [6.45, 7) is 8.74. The van der Waals surface area contributed by atoms with Crippen molar-refractivity contribution in [3.63, 3.8) is 0 Å². The number of halogens is 1. The number of rotatable bonds is 5. The highest BCUT2D eigenvalue weighted by Gasteiger charge is 2.28. The van der Waals surface area contributed by atoms with Crippen LogP contribution in [0.15, 0.2) is 0 Å². The molecule has 5 heteroatoms. The molecule has 0 aromatic carbocycles. The van der Waals surface area contributed by atoms with Crippen molar-refractivity contribution in [1.82, 2.24) is 4.90 Å². The second-order valence-corrected chi connectivity index (χ2v) is 9.40. The Morgan fingerprint density at radius 2 is 1.80 bits per heavy atom. The van der Waals surface area contributed by atoms with Crippen LogP contribution in [-0.2, 0) is 9.84 Å². The van der Waals surface area contributed by atoms with Gasteiger partial charge in [-0.3, -0.25) is 0 Å². The van der Waals surface area contributed by atoms with Crippen LogP contribution in [0.4, 0.5) is 0 Å². The van der Waals surface area contributed by atoms with Gasteiger partial charge in [-0.05, 0) is 27.8 Å². The molecule has 0 aliphatic carbocycles. The number of hydrogen-bond donors (Lipinski definition) is 0. The molecule has 0 radical (unpaired) electrons. The topological polar surface area (TPSA) is 37.4 Å². The highest BCUT2D eigenvalue weighted by atomic mass is 79.9. The summed E-state index contributed by atoms with van der Waals surface area (Å²) < 4.78 is 23.0. The Labute approximate surface area is 102 Å². The van der Waals surface area contributed by atoms with Crippen molar-refractivity contribution in [2.75, 3.05) is 25.9 Å². The Morgan fingerprint density at radius 1 is 1.33 bits per heavy atom. The highest BCUT2D eigenvalue weighted by molar-refractivity contribution is 9.09. The molecule has 92 valence electrons. The highest BCUT2D eigenvalue weighted by Crippen LogP contribution is 2.15. The van der Waals surface area contributed by atoms with Crippen molar-refractivity contribution in [3.05, 3.63) is 0 Å². The molecule has 0 aromatic heterocycles. The van der Waals surface area contributed by atoms with E-state index in [1.807, 2.05) is 11.9 Å². The van der Waals surface area contributed by atoms with E-state index in [-0.39, 0.29) is 5.75 Å². The predicted octanol–water partition coefficient (Wildman–Crippen LogP) is 1.91. The van der Waals surface area contributed by atoms with Crippen LogP contribution in [0.25, 0.3) is 0 Å². The minimum absolute atomic E-state index is 0.229. The van der Waals surface area contributed by atoms with Gasteiger partial charge in [0.1, 0.15) is 0 Å². The maximum Gasteiger partial charge on any atom is 0.156 e. The molecule has 0 fully saturated rings. The third-order valence-electron chi connectivity index (χ3n) is 2.24. The van der Waals surface area contributed by atoms with E-state index in [9.17, 15) is 8.42 Å². The molecule has 0 saturated carbocycles. The zero-order valence-electron chi connectivity index (χ0n) is 10.2. The Balaban J connectivity index is 4.17. The van der Waals surface area contributed by atoms with Gasteiger partial charge in [-0.15, -0.1) is 0 Å². The van der Waals surface area contributed by atoms with Crippen LogP contribution in [0.5, 0.6) is 0 Å². The lowest BCUT2D eigenvalue weighted by molar-refractivity contribution is 0.358. The smallest absolute Gasteiger partial charge is 0.156 e. The third kappa shape index (κ3) is 5.88. The van der Waals surface area contributed by atoms with E-state index >= 15 is 0 Å². The number of sulfone groups is 1. The Hall–Kier alpha value is 0.390. The van der Waals surface area contributed by atoms with Gasteiger partial charge in [0.05, 0.1) is 10.5 Å². The van der Waals surface area contributed by atoms with Crippen LogP contribution in [0.3, 0.4) is 0 Å².